The van der Waals surface area contributed by atoms with Crippen LogP contribution in [0, 0.1) is 43.3 Å². The van der Waals surface area contributed by atoms with Gasteiger partial charge in [-0.2, -0.15) is 0 Å². The van der Waals surface area contributed by atoms with Gasteiger partial charge in [0, 0.05) is 18.2 Å². The van der Waals surface area contributed by atoms with Crippen molar-refractivity contribution in [3.8, 4) is 22.3 Å². The number of halogens is 3. The number of nitrogens with zero attached hydrogens (tertiary/aromatic N) is 3. The Bertz CT molecular complexity index is 1280. The van der Waals surface area contributed by atoms with Gasteiger partial charge in [-0.25, -0.2) is 0 Å². The predicted octanol–water partition coefficient (Wildman–Crippen LogP) is 6.81. The highest BCUT2D eigenvalue weighted by Gasteiger charge is 2.28. The van der Waals surface area contributed by atoms with E-state index in [9.17, 15) is 30.3 Å². The smallest absolute Gasteiger partial charge is 0.258 e. The molecule has 1 radical (unpaired) electrons. The quantitative estimate of drug-likeness (QED) is 0.290. The molecule has 0 atom stereocenters. The molecule has 3 aromatic rings. The normalized spacial score (nSPS) is 10.7. The molecular formula is C19H9Cl3N3O6. The van der Waals surface area contributed by atoms with Crippen molar-refractivity contribution in [3.63, 3.8) is 0 Å². The van der Waals surface area contributed by atoms with Crippen LogP contribution in [0.15, 0.2) is 36.4 Å². The van der Waals surface area contributed by atoms with Gasteiger partial charge in [0.05, 0.1) is 30.9 Å². The van der Waals surface area contributed by atoms with E-state index in [1.807, 2.05) is 0 Å². The minimum atomic E-state index is -0.688. The van der Waals surface area contributed by atoms with E-state index in [0.29, 0.717) is 5.56 Å². The Morgan fingerprint density at radius 2 is 1.42 bits per heavy atom. The molecule has 0 spiro atoms. The van der Waals surface area contributed by atoms with Crippen LogP contribution in [0.5, 0.6) is 0 Å². The molecule has 0 saturated heterocycles. The van der Waals surface area contributed by atoms with Crippen LogP contribution in [-0.2, 0) is 0 Å². The standard InChI is InChI=1S/C19H9Cl3N3O6/c1-9-6-17(24(28)29)15(22)8-12(9)11-3-4-13(20)18(19(11)25(30)31)10-2-5-16(23(26)27)14(21)7-10/h2-3,5-8H,1H3. The lowest BCUT2D eigenvalue weighted by atomic mass is 9.93. The van der Waals surface area contributed by atoms with Gasteiger partial charge in [0.25, 0.3) is 17.1 Å². The molecule has 0 amide bonds. The van der Waals surface area contributed by atoms with Crippen LogP contribution in [0.2, 0.25) is 15.1 Å². The molecule has 0 N–H and O–H groups in total. The maximum Gasteiger partial charge on any atom is 0.288 e. The second-order valence-corrected chi connectivity index (χ2v) is 7.49. The second kappa shape index (κ2) is 8.46. The van der Waals surface area contributed by atoms with Gasteiger partial charge >= 0.3 is 0 Å². The molecule has 3 aromatic carbocycles. The summed E-state index contributed by atoms with van der Waals surface area (Å²) in [5.41, 5.74) is -0.346. The summed E-state index contributed by atoms with van der Waals surface area (Å²) in [5.74, 6) is 0. The van der Waals surface area contributed by atoms with Crippen LogP contribution < -0.4 is 0 Å². The predicted molar refractivity (Wildman–Crippen MR) is 116 cm³/mol. The molecule has 12 heteroatoms. The summed E-state index contributed by atoms with van der Waals surface area (Å²) in [5, 5.41) is 33.6. The fourth-order valence-electron chi connectivity index (χ4n) is 3.08. The van der Waals surface area contributed by atoms with Crippen molar-refractivity contribution in [1.29, 1.82) is 0 Å². The van der Waals surface area contributed by atoms with Crippen molar-refractivity contribution in [1.82, 2.24) is 0 Å². The van der Waals surface area contributed by atoms with Gasteiger partial charge in [-0.05, 0) is 47.9 Å². The Morgan fingerprint density at radius 1 is 0.806 bits per heavy atom. The van der Waals surface area contributed by atoms with Gasteiger partial charge in [0.15, 0.2) is 0 Å². The molecule has 3 rings (SSSR count). The van der Waals surface area contributed by atoms with E-state index >= 15 is 0 Å². The molecule has 0 bridgehead atoms. The van der Waals surface area contributed by atoms with Crippen molar-refractivity contribution >= 4 is 51.9 Å². The molecule has 0 aliphatic rings. The first-order chi connectivity index (χ1) is 14.5. The first-order valence-electron chi connectivity index (χ1n) is 8.30. The molecule has 0 aromatic heterocycles. The third-order valence-electron chi connectivity index (χ3n) is 4.45. The average molecular weight is 482 g/mol. The fourth-order valence-corrected chi connectivity index (χ4v) is 3.82. The van der Waals surface area contributed by atoms with Crippen molar-refractivity contribution in [2.75, 3.05) is 0 Å². The second-order valence-electron chi connectivity index (χ2n) is 6.30. The lowest BCUT2D eigenvalue weighted by molar-refractivity contribution is -0.384. The molecule has 0 unspecified atom stereocenters. The molecule has 0 aliphatic heterocycles. The molecule has 0 saturated carbocycles. The number of hydrogen-bond acceptors (Lipinski definition) is 6. The maximum absolute atomic E-state index is 12.0. The number of rotatable bonds is 5. The molecule has 9 nitrogen and oxygen atoms in total. The van der Waals surface area contributed by atoms with Gasteiger partial charge in [-0.1, -0.05) is 34.8 Å². The maximum atomic E-state index is 12.0. The Labute approximate surface area is 189 Å². The minimum absolute atomic E-state index is 0.0603. The summed E-state index contributed by atoms with van der Waals surface area (Å²) in [6.45, 7) is 1.54. The van der Waals surface area contributed by atoms with E-state index in [2.05, 4.69) is 6.07 Å². The van der Waals surface area contributed by atoms with E-state index in [1.165, 1.54) is 30.3 Å². The summed E-state index contributed by atoms with van der Waals surface area (Å²) in [6.07, 6.45) is 0. The van der Waals surface area contributed by atoms with Crippen LogP contribution in [-0.4, -0.2) is 14.8 Å². The number of nitro groups is 3. The summed E-state index contributed by atoms with van der Waals surface area (Å²) < 4.78 is 0. The monoisotopic (exact) mass is 480 g/mol. The van der Waals surface area contributed by atoms with E-state index in [0.717, 1.165) is 6.07 Å². The lowest BCUT2D eigenvalue weighted by Crippen LogP contribution is -1.99. The summed E-state index contributed by atoms with van der Waals surface area (Å²) in [6, 6.07) is 10.0. The van der Waals surface area contributed by atoms with E-state index in [-0.39, 0.29) is 48.7 Å². The summed E-state index contributed by atoms with van der Waals surface area (Å²) >= 11 is 18.2. The summed E-state index contributed by atoms with van der Waals surface area (Å²) in [4.78, 5) is 32.1. The van der Waals surface area contributed by atoms with Crippen molar-refractivity contribution in [2.24, 2.45) is 0 Å². The van der Waals surface area contributed by atoms with Gasteiger partial charge in [0.2, 0.25) is 0 Å². The van der Waals surface area contributed by atoms with Gasteiger partial charge in [-0.3, -0.25) is 30.3 Å². The zero-order valence-corrected chi connectivity index (χ0v) is 17.7. The first kappa shape index (κ1) is 22.4. The van der Waals surface area contributed by atoms with E-state index < -0.39 is 20.5 Å². The number of benzene rings is 3. The lowest BCUT2D eigenvalue weighted by Gasteiger charge is -2.13. The number of hydrogen-bond donors (Lipinski definition) is 0. The van der Waals surface area contributed by atoms with Crippen molar-refractivity contribution < 1.29 is 14.8 Å². The van der Waals surface area contributed by atoms with Crippen LogP contribution in [0.3, 0.4) is 0 Å². The molecular weight excluding hydrogens is 473 g/mol. The molecule has 157 valence electrons. The molecule has 0 aliphatic carbocycles. The Balaban J connectivity index is 2.33. The molecule has 0 heterocycles. The highest BCUT2D eigenvalue weighted by Crippen LogP contribution is 2.46. The largest absolute Gasteiger partial charge is 0.288 e. The average Bonchev–Trinajstić information content (AvgIpc) is 2.68. The topological polar surface area (TPSA) is 129 Å². The Kier molecular flexibility index (Phi) is 6.12. The van der Waals surface area contributed by atoms with E-state index in [1.54, 1.807) is 6.92 Å². The van der Waals surface area contributed by atoms with Crippen LogP contribution >= 0.6 is 34.8 Å². The van der Waals surface area contributed by atoms with Crippen LogP contribution in [0.25, 0.3) is 22.3 Å². The van der Waals surface area contributed by atoms with E-state index in [4.69, 9.17) is 34.8 Å². The van der Waals surface area contributed by atoms with Gasteiger partial charge in [0.1, 0.15) is 10.0 Å². The third-order valence-corrected chi connectivity index (χ3v) is 5.35. The number of nitro benzene ring substituents is 3. The third kappa shape index (κ3) is 4.15. The van der Waals surface area contributed by atoms with Crippen molar-refractivity contribution in [2.45, 2.75) is 6.92 Å². The fraction of sp³-hybridized carbons (Fsp3) is 0.0526. The Morgan fingerprint density at radius 3 is 1.97 bits per heavy atom. The van der Waals surface area contributed by atoms with Gasteiger partial charge < -0.3 is 0 Å². The number of aryl methyl sites for hydroxylation is 1. The molecule has 0 fully saturated rings. The van der Waals surface area contributed by atoms with Crippen LogP contribution in [0.4, 0.5) is 17.1 Å². The molecule has 31 heavy (non-hydrogen) atoms. The highest BCUT2D eigenvalue weighted by molar-refractivity contribution is 6.35. The zero-order chi connectivity index (χ0) is 23.0. The zero-order valence-electron chi connectivity index (χ0n) is 15.4. The minimum Gasteiger partial charge on any atom is -0.258 e. The Hall–Kier alpha value is -3.27. The van der Waals surface area contributed by atoms with Crippen LogP contribution in [0.1, 0.15) is 5.56 Å². The highest BCUT2D eigenvalue weighted by atomic mass is 35.5. The van der Waals surface area contributed by atoms with Crippen molar-refractivity contribution in [3.05, 3.63) is 93.4 Å². The summed E-state index contributed by atoms with van der Waals surface area (Å²) in [7, 11) is 0. The SMILES string of the molecule is Cc1cc([N+](=O)[O-])c(Cl)cc1-c1c[c]c(Cl)c(-c2ccc([N+](=O)[O-])c(Cl)c2)c1[N+](=O)[O-]. The first-order valence-corrected chi connectivity index (χ1v) is 9.44. The van der Waals surface area contributed by atoms with Gasteiger partial charge in [-0.15, -0.1) is 0 Å².